The Morgan fingerprint density at radius 3 is 2.26 bits per heavy atom. The van der Waals surface area contributed by atoms with E-state index in [1.807, 2.05) is 6.07 Å². The highest BCUT2D eigenvalue weighted by Crippen LogP contribution is 2.44. The molecule has 0 aliphatic carbocycles. The van der Waals surface area contributed by atoms with Crippen molar-refractivity contribution < 1.29 is 9.15 Å². The average Bonchev–Trinajstić information content (AvgIpc) is 3.38. The molecule has 0 aliphatic rings. The summed E-state index contributed by atoms with van der Waals surface area (Å²) in [7, 11) is 1.72. The molecule has 0 amide bonds. The number of imidazole rings is 1. The molecule has 0 fully saturated rings. The molecule has 174 valence electrons. The number of rotatable bonds is 3. The topological polar surface area (TPSA) is 40.2 Å². The maximum absolute atomic E-state index is 6.61. The second-order valence-corrected chi connectivity index (χ2v) is 9.52. The van der Waals surface area contributed by atoms with Gasteiger partial charge in [-0.1, -0.05) is 48.0 Å². The van der Waals surface area contributed by atoms with Gasteiger partial charge in [0.1, 0.15) is 22.7 Å². The second-order valence-electron chi connectivity index (χ2n) is 9.52. The lowest BCUT2D eigenvalue weighted by Crippen LogP contribution is -2.04. The zero-order valence-electron chi connectivity index (χ0n) is 21.0. The van der Waals surface area contributed by atoms with Gasteiger partial charge in [0.2, 0.25) is 0 Å². The molecule has 0 unspecified atom stereocenters. The molecule has 0 atom stereocenters. The van der Waals surface area contributed by atoms with Crippen LogP contribution >= 0.6 is 0 Å². The summed E-state index contributed by atoms with van der Waals surface area (Å²) in [6.07, 6.45) is 0. The molecule has 0 spiro atoms. The molecule has 35 heavy (non-hydrogen) atoms. The number of aromatic nitrogens is 2. The molecule has 2 aromatic heterocycles. The number of methoxy groups -OCH3 is 1. The minimum atomic E-state index is 0.827. The highest BCUT2D eigenvalue weighted by Gasteiger charge is 2.25. The summed E-state index contributed by atoms with van der Waals surface area (Å²) in [4.78, 5) is 5.19. The molecule has 0 radical (unpaired) electrons. The number of para-hydroxylation sites is 3. The van der Waals surface area contributed by atoms with Gasteiger partial charge in [-0.2, -0.15) is 0 Å². The predicted octanol–water partition coefficient (Wildman–Crippen LogP) is 8.14. The van der Waals surface area contributed by atoms with E-state index in [0.29, 0.717) is 0 Å². The molecular formula is C31H28N2O2. The fraction of sp³-hybridized carbons (Fsp3) is 0.194. The third-order valence-electron chi connectivity index (χ3n) is 7.06. The molecule has 4 nitrogen and oxygen atoms in total. The van der Waals surface area contributed by atoms with Gasteiger partial charge in [0.15, 0.2) is 0 Å². The summed E-state index contributed by atoms with van der Waals surface area (Å²) >= 11 is 0. The first kappa shape index (κ1) is 21.5. The van der Waals surface area contributed by atoms with Crippen molar-refractivity contribution in [2.75, 3.05) is 7.11 Å². The first-order valence-corrected chi connectivity index (χ1v) is 11.9. The summed E-state index contributed by atoms with van der Waals surface area (Å²) in [6, 6.07) is 21.2. The van der Waals surface area contributed by atoms with Gasteiger partial charge in [-0.3, -0.25) is 4.57 Å². The zero-order valence-corrected chi connectivity index (χ0v) is 21.0. The Morgan fingerprint density at radius 1 is 0.771 bits per heavy atom. The monoisotopic (exact) mass is 460 g/mol. The van der Waals surface area contributed by atoms with Crippen LogP contribution in [0, 0.1) is 34.6 Å². The number of furan rings is 1. The number of hydrogen-bond donors (Lipinski definition) is 0. The highest BCUT2D eigenvalue weighted by atomic mass is 16.5. The van der Waals surface area contributed by atoms with Crippen molar-refractivity contribution in [2.45, 2.75) is 34.6 Å². The fourth-order valence-corrected chi connectivity index (χ4v) is 5.57. The van der Waals surface area contributed by atoms with E-state index in [-0.39, 0.29) is 0 Å². The van der Waals surface area contributed by atoms with Crippen LogP contribution in [0.25, 0.3) is 50.0 Å². The summed E-state index contributed by atoms with van der Waals surface area (Å²) < 4.78 is 14.8. The van der Waals surface area contributed by atoms with E-state index >= 15 is 0 Å². The summed E-state index contributed by atoms with van der Waals surface area (Å²) in [5, 5.41) is 2.13. The van der Waals surface area contributed by atoms with Gasteiger partial charge in [0, 0.05) is 16.3 Å². The Bertz CT molecular complexity index is 1760. The van der Waals surface area contributed by atoms with Gasteiger partial charge in [-0.05, 0) is 69.5 Å². The SMILES string of the molecule is COc1cc2c(oc3c(C)cccc32)c(-c2nc3ccccc3n2-c2c(C)cc(C)cc2C)c1C. The zero-order chi connectivity index (χ0) is 24.4. The maximum Gasteiger partial charge on any atom is 0.149 e. The van der Waals surface area contributed by atoms with Gasteiger partial charge < -0.3 is 9.15 Å². The van der Waals surface area contributed by atoms with E-state index in [4.69, 9.17) is 14.1 Å². The number of benzene rings is 4. The fourth-order valence-electron chi connectivity index (χ4n) is 5.57. The highest BCUT2D eigenvalue weighted by molar-refractivity contribution is 6.11. The third-order valence-corrected chi connectivity index (χ3v) is 7.06. The standard InChI is InChI=1S/C31H28N2O2/c1-17-14-19(3)28(20(4)15-17)33-25-13-8-7-12-24(25)32-31(33)27-21(5)26(34-6)16-23-22-11-9-10-18(2)29(22)35-30(23)27/h7-16H,1-6H3. The minimum Gasteiger partial charge on any atom is -0.496 e. The molecule has 0 N–H and O–H groups in total. The Kier molecular flexibility index (Phi) is 4.75. The maximum atomic E-state index is 6.61. The van der Waals surface area contributed by atoms with Crippen molar-refractivity contribution in [3.8, 4) is 22.8 Å². The van der Waals surface area contributed by atoms with Crippen molar-refractivity contribution >= 4 is 33.0 Å². The lowest BCUT2D eigenvalue weighted by atomic mass is 10.0. The van der Waals surface area contributed by atoms with Crippen LogP contribution in [0.4, 0.5) is 0 Å². The van der Waals surface area contributed by atoms with Crippen LogP contribution in [0.5, 0.6) is 5.75 Å². The van der Waals surface area contributed by atoms with Crippen LogP contribution in [0.3, 0.4) is 0 Å². The molecule has 0 bridgehead atoms. The third kappa shape index (κ3) is 3.09. The minimum absolute atomic E-state index is 0.827. The molecule has 4 aromatic carbocycles. The van der Waals surface area contributed by atoms with Gasteiger partial charge >= 0.3 is 0 Å². The average molecular weight is 461 g/mol. The first-order chi connectivity index (χ1) is 16.9. The van der Waals surface area contributed by atoms with Crippen molar-refractivity contribution in [1.82, 2.24) is 9.55 Å². The van der Waals surface area contributed by atoms with Crippen molar-refractivity contribution in [2.24, 2.45) is 0 Å². The van der Waals surface area contributed by atoms with E-state index in [2.05, 4.69) is 93.8 Å². The van der Waals surface area contributed by atoms with Crippen molar-refractivity contribution in [1.29, 1.82) is 0 Å². The normalized spacial score (nSPS) is 11.7. The Labute approximate surface area is 204 Å². The number of fused-ring (bicyclic) bond motifs is 4. The van der Waals surface area contributed by atoms with Gasteiger partial charge in [-0.25, -0.2) is 4.98 Å². The largest absolute Gasteiger partial charge is 0.496 e. The lowest BCUT2D eigenvalue weighted by Gasteiger charge is -2.18. The number of hydrogen-bond acceptors (Lipinski definition) is 3. The van der Waals surface area contributed by atoms with Gasteiger partial charge in [0.05, 0.1) is 29.4 Å². The first-order valence-electron chi connectivity index (χ1n) is 11.9. The molecule has 4 heteroatoms. The Morgan fingerprint density at radius 2 is 1.51 bits per heavy atom. The van der Waals surface area contributed by atoms with E-state index in [0.717, 1.165) is 66.9 Å². The van der Waals surface area contributed by atoms with Crippen molar-refractivity contribution in [3.63, 3.8) is 0 Å². The smallest absolute Gasteiger partial charge is 0.149 e. The summed E-state index contributed by atoms with van der Waals surface area (Å²) in [5.74, 6) is 1.69. The molecule has 0 aliphatic heterocycles. The van der Waals surface area contributed by atoms with Crippen LogP contribution < -0.4 is 4.74 Å². The molecule has 2 heterocycles. The molecular weight excluding hydrogens is 432 g/mol. The second kappa shape index (κ2) is 7.74. The quantitative estimate of drug-likeness (QED) is 0.268. The van der Waals surface area contributed by atoms with E-state index in [9.17, 15) is 0 Å². The van der Waals surface area contributed by atoms with E-state index in [1.54, 1.807) is 7.11 Å². The number of nitrogens with zero attached hydrogens (tertiary/aromatic N) is 2. The summed E-state index contributed by atoms with van der Waals surface area (Å²) in [6.45, 7) is 10.7. The number of ether oxygens (including phenoxy) is 1. The van der Waals surface area contributed by atoms with E-state index in [1.165, 1.54) is 16.7 Å². The Hall–Kier alpha value is -4.05. The lowest BCUT2D eigenvalue weighted by molar-refractivity contribution is 0.412. The van der Waals surface area contributed by atoms with Gasteiger partial charge in [0.25, 0.3) is 0 Å². The molecule has 6 rings (SSSR count). The van der Waals surface area contributed by atoms with Crippen LogP contribution in [-0.4, -0.2) is 16.7 Å². The van der Waals surface area contributed by atoms with Crippen LogP contribution in [0.15, 0.2) is 65.1 Å². The number of aryl methyl sites for hydroxylation is 4. The Balaban J connectivity index is 1.82. The molecule has 6 aromatic rings. The summed E-state index contributed by atoms with van der Waals surface area (Å²) in [5.41, 5.74) is 11.7. The van der Waals surface area contributed by atoms with Crippen molar-refractivity contribution in [3.05, 3.63) is 88.5 Å². The van der Waals surface area contributed by atoms with E-state index < -0.39 is 0 Å². The van der Waals surface area contributed by atoms with Crippen LogP contribution in [0.1, 0.15) is 27.8 Å². The van der Waals surface area contributed by atoms with Crippen LogP contribution in [-0.2, 0) is 0 Å². The van der Waals surface area contributed by atoms with Crippen LogP contribution in [0.2, 0.25) is 0 Å². The predicted molar refractivity (Wildman–Crippen MR) is 144 cm³/mol. The van der Waals surface area contributed by atoms with Gasteiger partial charge in [-0.15, -0.1) is 0 Å². The molecule has 0 saturated carbocycles. The molecule has 0 saturated heterocycles.